The van der Waals surface area contributed by atoms with Crippen molar-refractivity contribution in [3.05, 3.63) is 100.0 Å². The molecule has 0 spiro atoms. The lowest BCUT2D eigenvalue weighted by Gasteiger charge is -2.18. The first-order chi connectivity index (χ1) is 16.1. The summed E-state index contributed by atoms with van der Waals surface area (Å²) in [6.45, 7) is 1.88. The third kappa shape index (κ3) is 5.90. The molecule has 8 heteroatoms. The third-order valence-electron chi connectivity index (χ3n) is 5.17. The number of rotatable bonds is 9. The highest BCUT2D eigenvalue weighted by atomic mass is 32.2. The zero-order valence-electron chi connectivity index (χ0n) is 18.0. The van der Waals surface area contributed by atoms with Crippen molar-refractivity contribution in [1.82, 2.24) is 9.47 Å². The Labute approximate surface area is 202 Å². The molecule has 0 bridgehead atoms. The first-order valence-electron chi connectivity index (χ1n) is 10.6. The standard InChI is InChI=1S/C25H24N2O4S2/c28-23(27-14-16-33-25(27)32)21-11-12-26(13-15-30-17-19-7-3-1-4-8-19)24(29)22(21)31-18-20-9-5-2-6-10-20/h1-12H,13-18H2. The quantitative estimate of drug-likeness (QED) is 0.339. The second-order valence-corrected chi connectivity index (χ2v) is 9.17. The normalized spacial score (nSPS) is 13.3. The van der Waals surface area contributed by atoms with E-state index in [2.05, 4.69) is 0 Å². The summed E-state index contributed by atoms with van der Waals surface area (Å²) in [5, 5.41) is 0. The number of pyridine rings is 1. The maximum absolute atomic E-state index is 13.2. The van der Waals surface area contributed by atoms with Gasteiger partial charge in [0.2, 0.25) is 0 Å². The van der Waals surface area contributed by atoms with Crippen molar-refractivity contribution in [2.24, 2.45) is 0 Å². The molecule has 0 atom stereocenters. The minimum absolute atomic E-state index is 0.0362. The van der Waals surface area contributed by atoms with E-state index in [4.69, 9.17) is 21.7 Å². The number of ether oxygens (including phenoxy) is 2. The summed E-state index contributed by atoms with van der Waals surface area (Å²) in [4.78, 5) is 27.9. The molecular formula is C25H24N2O4S2. The van der Waals surface area contributed by atoms with Gasteiger partial charge in [-0.05, 0) is 17.2 Å². The number of hydrogen-bond acceptors (Lipinski definition) is 6. The average molecular weight is 481 g/mol. The molecule has 0 unspecified atom stereocenters. The van der Waals surface area contributed by atoms with E-state index < -0.39 is 0 Å². The SMILES string of the molecule is O=C(c1ccn(CCOCc2ccccc2)c(=O)c1OCc1ccccc1)N1CCSC1=S. The van der Waals surface area contributed by atoms with Crippen molar-refractivity contribution < 1.29 is 14.3 Å². The van der Waals surface area contributed by atoms with Crippen LogP contribution in [0.2, 0.25) is 0 Å². The second-order valence-electron chi connectivity index (χ2n) is 7.44. The number of carbonyl (C=O) groups excluding carboxylic acids is 1. The van der Waals surface area contributed by atoms with Gasteiger partial charge in [0, 0.05) is 25.0 Å². The molecule has 170 valence electrons. The van der Waals surface area contributed by atoms with Crippen LogP contribution in [0, 0.1) is 0 Å². The smallest absolute Gasteiger partial charge is 0.293 e. The van der Waals surface area contributed by atoms with Crippen molar-refractivity contribution in [3.63, 3.8) is 0 Å². The van der Waals surface area contributed by atoms with Crippen molar-refractivity contribution >= 4 is 34.2 Å². The van der Waals surface area contributed by atoms with Crippen LogP contribution in [0.5, 0.6) is 5.75 Å². The molecule has 4 rings (SSSR count). The van der Waals surface area contributed by atoms with E-state index in [9.17, 15) is 9.59 Å². The highest BCUT2D eigenvalue weighted by molar-refractivity contribution is 8.23. The molecule has 3 aromatic rings. The zero-order chi connectivity index (χ0) is 23.0. The molecule has 1 aliphatic rings. The van der Waals surface area contributed by atoms with Crippen LogP contribution in [-0.2, 0) is 24.5 Å². The van der Waals surface area contributed by atoms with Gasteiger partial charge in [-0.15, -0.1) is 0 Å². The minimum atomic E-state index is -0.363. The molecule has 0 aliphatic carbocycles. The Hall–Kier alpha value is -2.94. The van der Waals surface area contributed by atoms with Gasteiger partial charge in [-0.25, -0.2) is 0 Å². The summed E-state index contributed by atoms with van der Waals surface area (Å²) in [6.07, 6.45) is 1.61. The zero-order valence-corrected chi connectivity index (χ0v) is 19.6. The van der Waals surface area contributed by atoms with Crippen molar-refractivity contribution in [1.29, 1.82) is 0 Å². The van der Waals surface area contributed by atoms with Crippen molar-refractivity contribution in [2.45, 2.75) is 19.8 Å². The number of thiocarbonyl (C=S) groups is 1. The van der Waals surface area contributed by atoms with Gasteiger partial charge in [-0.2, -0.15) is 0 Å². The first-order valence-corrected chi connectivity index (χ1v) is 12.0. The molecule has 33 heavy (non-hydrogen) atoms. The van der Waals surface area contributed by atoms with E-state index in [-0.39, 0.29) is 29.4 Å². The van der Waals surface area contributed by atoms with E-state index in [0.717, 1.165) is 16.9 Å². The monoisotopic (exact) mass is 480 g/mol. The summed E-state index contributed by atoms with van der Waals surface area (Å²) < 4.78 is 13.7. The summed E-state index contributed by atoms with van der Waals surface area (Å²) in [5.41, 5.74) is 1.83. The summed E-state index contributed by atoms with van der Waals surface area (Å²) in [7, 11) is 0. The molecule has 2 heterocycles. The van der Waals surface area contributed by atoms with E-state index >= 15 is 0 Å². The lowest BCUT2D eigenvalue weighted by molar-refractivity contribution is 0.0855. The molecule has 2 aromatic carbocycles. The number of aromatic nitrogens is 1. The molecule has 1 aliphatic heterocycles. The molecule has 1 aromatic heterocycles. The number of carbonyl (C=O) groups is 1. The van der Waals surface area contributed by atoms with E-state index in [0.29, 0.717) is 30.6 Å². The Morgan fingerprint density at radius 1 is 0.970 bits per heavy atom. The highest BCUT2D eigenvalue weighted by Gasteiger charge is 2.29. The van der Waals surface area contributed by atoms with Gasteiger partial charge >= 0.3 is 0 Å². The number of hydrogen-bond donors (Lipinski definition) is 0. The molecule has 0 radical (unpaired) electrons. The van der Waals surface area contributed by atoms with Crippen LogP contribution < -0.4 is 10.3 Å². The van der Waals surface area contributed by atoms with Crippen LogP contribution in [0.4, 0.5) is 0 Å². The molecule has 0 N–H and O–H groups in total. The molecule has 1 amide bonds. The average Bonchev–Trinajstić information content (AvgIpc) is 3.28. The van der Waals surface area contributed by atoms with Gasteiger partial charge in [-0.1, -0.05) is 84.6 Å². The Kier molecular flexibility index (Phi) is 7.93. The second kappa shape index (κ2) is 11.3. The fourth-order valence-electron chi connectivity index (χ4n) is 3.42. The van der Waals surface area contributed by atoms with Crippen LogP contribution in [-0.4, -0.2) is 38.6 Å². The van der Waals surface area contributed by atoms with Crippen LogP contribution in [0.3, 0.4) is 0 Å². The van der Waals surface area contributed by atoms with Gasteiger partial charge in [-0.3, -0.25) is 14.5 Å². The Bertz CT molecular complexity index is 1170. The maximum atomic E-state index is 13.2. The van der Waals surface area contributed by atoms with E-state index in [1.807, 2.05) is 60.7 Å². The van der Waals surface area contributed by atoms with Crippen LogP contribution in [0.1, 0.15) is 21.5 Å². The molecule has 1 fully saturated rings. The van der Waals surface area contributed by atoms with Crippen LogP contribution in [0.25, 0.3) is 0 Å². The molecule has 6 nitrogen and oxygen atoms in total. The van der Waals surface area contributed by atoms with Gasteiger partial charge < -0.3 is 14.0 Å². The molecular weight excluding hydrogens is 456 g/mol. The first kappa shape index (κ1) is 23.2. The van der Waals surface area contributed by atoms with Gasteiger partial charge in [0.15, 0.2) is 5.75 Å². The fraction of sp³-hybridized carbons (Fsp3) is 0.240. The predicted molar refractivity (Wildman–Crippen MR) is 134 cm³/mol. The number of amides is 1. The minimum Gasteiger partial charge on any atom is -0.482 e. The predicted octanol–water partition coefficient (Wildman–Crippen LogP) is 4.12. The Morgan fingerprint density at radius 2 is 1.64 bits per heavy atom. The molecule has 1 saturated heterocycles. The summed E-state index contributed by atoms with van der Waals surface area (Å²) in [5.74, 6) is 0.479. The lowest BCUT2D eigenvalue weighted by atomic mass is 10.2. The van der Waals surface area contributed by atoms with Crippen molar-refractivity contribution in [3.8, 4) is 5.75 Å². The van der Waals surface area contributed by atoms with E-state index in [1.165, 1.54) is 21.2 Å². The van der Waals surface area contributed by atoms with Gasteiger partial charge in [0.25, 0.3) is 11.5 Å². The van der Waals surface area contributed by atoms with Crippen molar-refractivity contribution in [2.75, 3.05) is 18.9 Å². The van der Waals surface area contributed by atoms with Crippen LogP contribution >= 0.6 is 24.0 Å². The van der Waals surface area contributed by atoms with Gasteiger partial charge in [0.05, 0.1) is 18.8 Å². The fourth-order valence-corrected chi connectivity index (χ4v) is 4.62. The lowest BCUT2D eigenvalue weighted by Crippen LogP contribution is -2.33. The van der Waals surface area contributed by atoms with Gasteiger partial charge in [0.1, 0.15) is 10.9 Å². The summed E-state index contributed by atoms with van der Waals surface area (Å²) >= 11 is 6.76. The number of thioether (sulfide) groups is 1. The number of benzene rings is 2. The van der Waals surface area contributed by atoms with E-state index in [1.54, 1.807) is 12.3 Å². The van der Waals surface area contributed by atoms with Crippen LogP contribution in [0.15, 0.2) is 77.7 Å². The topological polar surface area (TPSA) is 60.8 Å². The Morgan fingerprint density at radius 3 is 2.27 bits per heavy atom. The molecule has 0 saturated carbocycles. The third-order valence-corrected chi connectivity index (χ3v) is 6.60. The maximum Gasteiger partial charge on any atom is 0.293 e. The highest BCUT2D eigenvalue weighted by Crippen LogP contribution is 2.24. The Balaban J connectivity index is 1.52. The number of nitrogens with zero attached hydrogens (tertiary/aromatic N) is 2. The largest absolute Gasteiger partial charge is 0.482 e. The summed E-state index contributed by atoms with van der Waals surface area (Å²) in [6, 6.07) is 21.0.